The number of rotatable bonds is 8. The minimum Gasteiger partial charge on any atom is -0.385 e. The summed E-state index contributed by atoms with van der Waals surface area (Å²) in [5.41, 5.74) is 2.85. The summed E-state index contributed by atoms with van der Waals surface area (Å²) in [4.78, 5) is 0. The average molecular weight is 235 g/mol. The minimum atomic E-state index is 0.566. The largest absolute Gasteiger partial charge is 0.385 e. The summed E-state index contributed by atoms with van der Waals surface area (Å²) >= 11 is 0. The minimum absolute atomic E-state index is 0.566. The van der Waals surface area contributed by atoms with Gasteiger partial charge in [-0.2, -0.15) is 0 Å². The smallest absolute Gasteiger partial charge is 0.0462 e. The van der Waals surface area contributed by atoms with Crippen molar-refractivity contribution in [1.82, 2.24) is 5.32 Å². The van der Waals surface area contributed by atoms with Crippen LogP contribution in [0.4, 0.5) is 0 Å². The van der Waals surface area contributed by atoms with Gasteiger partial charge in [0.25, 0.3) is 0 Å². The predicted octanol–water partition coefficient (Wildman–Crippen LogP) is 2.94. The topological polar surface area (TPSA) is 21.3 Å². The van der Waals surface area contributed by atoms with E-state index >= 15 is 0 Å². The van der Waals surface area contributed by atoms with E-state index in [1.165, 1.54) is 17.5 Å². The third-order valence-corrected chi connectivity index (χ3v) is 3.12. The monoisotopic (exact) mass is 235 g/mol. The Balaban J connectivity index is 2.50. The van der Waals surface area contributed by atoms with Crippen molar-refractivity contribution in [3.8, 4) is 0 Å². The van der Waals surface area contributed by atoms with E-state index in [0.29, 0.717) is 6.04 Å². The summed E-state index contributed by atoms with van der Waals surface area (Å²) in [6, 6.07) is 9.21. The Kier molecular flexibility index (Phi) is 6.90. The van der Waals surface area contributed by atoms with Gasteiger partial charge < -0.3 is 10.1 Å². The summed E-state index contributed by atoms with van der Waals surface area (Å²) in [6.45, 7) is 6.24. The van der Waals surface area contributed by atoms with Crippen LogP contribution in [0.3, 0.4) is 0 Å². The number of likely N-dealkylation sites (N-methyl/N-ethyl adjacent to an activating group) is 1. The summed E-state index contributed by atoms with van der Waals surface area (Å²) in [5, 5.41) is 3.56. The van der Waals surface area contributed by atoms with Gasteiger partial charge in [0, 0.05) is 19.8 Å². The van der Waals surface area contributed by atoms with Crippen LogP contribution >= 0.6 is 0 Å². The Hall–Kier alpha value is -0.860. The second kappa shape index (κ2) is 8.26. The Morgan fingerprint density at radius 2 is 2.06 bits per heavy atom. The van der Waals surface area contributed by atoms with Crippen molar-refractivity contribution in [2.24, 2.45) is 0 Å². The normalized spacial score (nSPS) is 12.6. The predicted molar refractivity (Wildman–Crippen MR) is 73.5 cm³/mol. The fourth-order valence-corrected chi connectivity index (χ4v) is 2.14. The Morgan fingerprint density at radius 1 is 1.29 bits per heavy atom. The molecule has 0 aromatic heterocycles. The van der Waals surface area contributed by atoms with Crippen LogP contribution in [0.2, 0.25) is 0 Å². The molecule has 17 heavy (non-hydrogen) atoms. The first-order valence-electron chi connectivity index (χ1n) is 6.54. The van der Waals surface area contributed by atoms with E-state index in [1.807, 2.05) is 0 Å². The summed E-state index contributed by atoms with van der Waals surface area (Å²) in [7, 11) is 1.77. The van der Waals surface area contributed by atoms with Crippen LogP contribution in [0.1, 0.15) is 30.9 Å². The highest BCUT2D eigenvalue weighted by Gasteiger charge is 2.09. The second-order valence-corrected chi connectivity index (χ2v) is 4.52. The summed E-state index contributed by atoms with van der Waals surface area (Å²) in [6.07, 6.45) is 3.42. The molecule has 0 aliphatic rings. The van der Waals surface area contributed by atoms with Gasteiger partial charge in [0.2, 0.25) is 0 Å². The van der Waals surface area contributed by atoms with Crippen LogP contribution in [0.5, 0.6) is 0 Å². The Bertz CT molecular complexity index is 312. The van der Waals surface area contributed by atoms with Crippen LogP contribution in [-0.2, 0) is 11.2 Å². The van der Waals surface area contributed by atoms with E-state index in [4.69, 9.17) is 4.74 Å². The van der Waals surface area contributed by atoms with Crippen LogP contribution in [0.25, 0.3) is 0 Å². The number of methoxy groups -OCH3 is 1. The fourth-order valence-electron chi connectivity index (χ4n) is 2.14. The van der Waals surface area contributed by atoms with Crippen LogP contribution < -0.4 is 5.32 Å². The number of benzene rings is 1. The zero-order valence-electron chi connectivity index (χ0n) is 11.3. The molecule has 0 aliphatic carbocycles. The highest BCUT2D eigenvalue weighted by atomic mass is 16.5. The molecule has 0 saturated carbocycles. The zero-order chi connectivity index (χ0) is 12.5. The standard InChI is InChI=1S/C15H25NO/c1-4-16-15(10-7-11-17-3)12-14-9-6-5-8-13(14)2/h5-6,8-9,15-16H,4,7,10-12H2,1-3H3. The molecule has 0 bridgehead atoms. The maximum Gasteiger partial charge on any atom is 0.0462 e. The molecular weight excluding hydrogens is 210 g/mol. The van der Waals surface area contributed by atoms with E-state index in [1.54, 1.807) is 7.11 Å². The lowest BCUT2D eigenvalue weighted by atomic mass is 9.98. The van der Waals surface area contributed by atoms with Crippen LogP contribution in [0.15, 0.2) is 24.3 Å². The molecule has 0 radical (unpaired) electrons. The fraction of sp³-hybridized carbons (Fsp3) is 0.600. The lowest BCUT2D eigenvalue weighted by Gasteiger charge is -2.18. The molecule has 1 rings (SSSR count). The molecule has 96 valence electrons. The number of ether oxygens (including phenoxy) is 1. The Labute approximate surface area is 105 Å². The van der Waals surface area contributed by atoms with E-state index in [9.17, 15) is 0 Å². The van der Waals surface area contributed by atoms with Crippen LogP contribution in [0, 0.1) is 6.92 Å². The third-order valence-electron chi connectivity index (χ3n) is 3.12. The van der Waals surface area contributed by atoms with Crippen molar-refractivity contribution in [3.63, 3.8) is 0 Å². The number of hydrogen-bond donors (Lipinski definition) is 1. The first-order valence-corrected chi connectivity index (χ1v) is 6.54. The first kappa shape index (κ1) is 14.2. The molecule has 1 aromatic carbocycles. The molecule has 1 unspecified atom stereocenters. The summed E-state index contributed by atoms with van der Waals surface area (Å²) in [5.74, 6) is 0. The number of nitrogens with one attached hydrogen (secondary N) is 1. The maximum absolute atomic E-state index is 5.12. The molecule has 0 saturated heterocycles. The molecule has 0 spiro atoms. The van der Waals surface area contributed by atoms with Crippen molar-refractivity contribution in [2.75, 3.05) is 20.3 Å². The highest BCUT2D eigenvalue weighted by Crippen LogP contribution is 2.12. The molecule has 1 aromatic rings. The van der Waals surface area contributed by atoms with Gasteiger partial charge in [-0.3, -0.25) is 0 Å². The second-order valence-electron chi connectivity index (χ2n) is 4.52. The first-order chi connectivity index (χ1) is 8.27. The molecule has 0 heterocycles. The van der Waals surface area contributed by atoms with E-state index in [-0.39, 0.29) is 0 Å². The molecule has 1 atom stereocenters. The number of hydrogen-bond acceptors (Lipinski definition) is 2. The molecule has 0 fully saturated rings. The maximum atomic E-state index is 5.12. The quantitative estimate of drug-likeness (QED) is 0.700. The van der Waals surface area contributed by atoms with Gasteiger partial charge in [0.15, 0.2) is 0 Å². The van der Waals surface area contributed by atoms with E-state index in [0.717, 1.165) is 26.0 Å². The van der Waals surface area contributed by atoms with Gasteiger partial charge in [-0.05, 0) is 43.9 Å². The van der Waals surface area contributed by atoms with Gasteiger partial charge in [0.05, 0.1) is 0 Å². The van der Waals surface area contributed by atoms with E-state index < -0.39 is 0 Å². The van der Waals surface area contributed by atoms with Gasteiger partial charge in [0.1, 0.15) is 0 Å². The Morgan fingerprint density at radius 3 is 2.71 bits per heavy atom. The van der Waals surface area contributed by atoms with Gasteiger partial charge >= 0.3 is 0 Å². The van der Waals surface area contributed by atoms with Crippen LogP contribution in [-0.4, -0.2) is 26.3 Å². The molecule has 1 N–H and O–H groups in total. The van der Waals surface area contributed by atoms with Crippen molar-refractivity contribution in [1.29, 1.82) is 0 Å². The van der Waals surface area contributed by atoms with Crippen molar-refractivity contribution >= 4 is 0 Å². The van der Waals surface area contributed by atoms with E-state index in [2.05, 4.69) is 43.4 Å². The van der Waals surface area contributed by atoms with Gasteiger partial charge in [-0.1, -0.05) is 31.2 Å². The summed E-state index contributed by atoms with van der Waals surface area (Å²) < 4.78 is 5.12. The molecule has 2 nitrogen and oxygen atoms in total. The molecule has 0 aliphatic heterocycles. The van der Waals surface area contributed by atoms with Crippen molar-refractivity contribution < 1.29 is 4.74 Å². The zero-order valence-corrected chi connectivity index (χ0v) is 11.3. The third kappa shape index (κ3) is 5.33. The van der Waals surface area contributed by atoms with Crippen molar-refractivity contribution in [2.45, 2.75) is 39.2 Å². The average Bonchev–Trinajstić information content (AvgIpc) is 2.32. The number of aryl methyl sites for hydroxylation is 1. The molecule has 0 amide bonds. The SMILES string of the molecule is CCNC(CCCOC)Cc1ccccc1C. The lowest BCUT2D eigenvalue weighted by molar-refractivity contribution is 0.188. The van der Waals surface area contributed by atoms with Gasteiger partial charge in [-0.25, -0.2) is 0 Å². The molecule has 2 heteroatoms. The lowest BCUT2D eigenvalue weighted by Crippen LogP contribution is -2.31. The van der Waals surface area contributed by atoms with Gasteiger partial charge in [-0.15, -0.1) is 0 Å². The highest BCUT2D eigenvalue weighted by molar-refractivity contribution is 5.26. The van der Waals surface area contributed by atoms with Crippen molar-refractivity contribution in [3.05, 3.63) is 35.4 Å². The molecular formula is C15H25NO.